The molecule has 2 aliphatic heterocycles. The second-order valence-electron chi connectivity index (χ2n) is 11.2. The number of aryl methyl sites for hydroxylation is 1. The van der Waals surface area contributed by atoms with Gasteiger partial charge in [0, 0.05) is 12.0 Å². The van der Waals surface area contributed by atoms with Gasteiger partial charge in [-0.1, -0.05) is 42.0 Å². The number of hydrogen-bond acceptors (Lipinski definition) is 10. The number of alkyl halides is 3. The van der Waals surface area contributed by atoms with Gasteiger partial charge in [-0.25, -0.2) is 27.5 Å². The SMILES string of the molecule is Cc1ccc(-c2cc(C(F)(F)F)nn2-c2ccc(S(=O)(=O)NC(=O)OC3CCN(/[N+]([O-])=N/OCN4C(=O)c5ccccc5C4=O)C3)cc2)cc1. The van der Waals surface area contributed by atoms with Crippen LogP contribution in [0.15, 0.2) is 89.0 Å². The highest BCUT2D eigenvalue weighted by Crippen LogP contribution is 2.33. The van der Waals surface area contributed by atoms with Crippen LogP contribution >= 0.6 is 0 Å². The average Bonchev–Trinajstić information content (AvgIpc) is 3.79. The maximum absolute atomic E-state index is 13.5. The van der Waals surface area contributed by atoms with Crippen LogP contribution in [0, 0.1) is 12.1 Å². The molecule has 1 saturated heterocycles. The van der Waals surface area contributed by atoms with E-state index in [1.807, 2.05) is 6.92 Å². The molecular weight excluding hydrogens is 687 g/mol. The highest BCUT2D eigenvalue weighted by atomic mass is 32.2. The maximum Gasteiger partial charge on any atom is 0.435 e. The molecule has 4 aromatic rings. The Morgan fingerprint density at radius 2 is 1.68 bits per heavy atom. The minimum Gasteiger partial charge on any atom is -0.569 e. The predicted octanol–water partition coefficient (Wildman–Crippen LogP) is 4.42. The minimum absolute atomic E-state index is 0.0452. The number of nitrogens with one attached hydrogen (secondary N) is 1. The van der Waals surface area contributed by atoms with Crippen molar-refractivity contribution < 1.29 is 50.5 Å². The van der Waals surface area contributed by atoms with Crippen molar-refractivity contribution in [3.05, 3.63) is 106 Å². The fourth-order valence-electron chi connectivity index (χ4n) is 5.26. The molecule has 0 bridgehead atoms. The Balaban J connectivity index is 1.04. The summed E-state index contributed by atoms with van der Waals surface area (Å²) in [4.78, 5) is 42.6. The first-order chi connectivity index (χ1) is 23.7. The molecule has 3 aromatic carbocycles. The lowest BCUT2D eigenvalue weighted by molar-refractivity contribution is -0.708. The fraction of sp³-hybridized carbons (Fsp3) is 0.226. The lowest BCUT2D eigenvalue weighted by Crippen LogP contribution is -2.36. The molecule has 1 aromatic heterocycles. The number of carbonyl (C=O) groups excluding carboxylic acids is 3. The smallest absolute Gasteiger partial charge is 0.435 e. The summed E-state index contributed by atoms with van der Waals surface area (Å²) in [6, 6.07) is 18.5. The third-order valence-electron chi connectivity index (χ3n) is 7.79. The molecule has 15 nitrogen and oxygen atoms in total. The molecule has 1 fully saturated rings. The normalized spacial score (nSPS) is 16.5. The molecule has 0 aliphatic carbocycles. The first kappa shape index (κ1) is 33.9. The van der Waals surface area contributed by atoms with E-state index in [2.05, 4.69) is 10.4 Å². The van der Waals surface area contributed by atoms with Crippen molar-refractivity contribution in [2.45, 2.75) is 30.5 Å². The Morgan fingerprint density at radius 1 is 1.04 bits per heavy atom. The van der Waals surface area contributed by atoms with Gasteiger partial charge in [-0.3, -0.25) is 9.59 Å². The van der Waals surface area contributed by atoms with Gasteiger partial charge in [-0.05, 0) is 49.4 Å². The zero-order valence-corrected chi connectivity index (χ0v) is 26.7. The Labute approximate surface area is 281 Å². The lowest BCUT2D eigenvalue weighted by atomic mass is 10.1. The van der Waals surface area contributed by atoms with Crippen LogP contribution in [-0.4, -0.2) is 76.9 Å². The van der Waals surface area contributed by atoms with Crippen LogP contribution in [0.1, 0.15) is 38.4 Å². The number of nitrogens with zero attached hydrogens (tertiary/aromatic N) is 6. The highest BCUT2D eigenvalue weighted by Gasteiger charge is 2.37. The van der Waals surface area contributed by atoms with Gasteiger partial charge in [0.15, 0.2) is 5.69 Å². The summed E-state index contributed by atoms with van der Waals surface area (Å²) in [6.07, 6.45) is -6.85. The molecule has 0 spiro atoms. The van der Waals surface area contributed by atoms with Crippen LogP contribution in [0.2, 0.25) is 0 Å². The summed E-state index contributed by atoms with van der Waals surface area (Å²) in [6.45, 7) is 1.07. The van der Waals surface area contributed by atoms with Crippen molar-refractivity contribution in [3.63, 3.8) is 0 Å². The third kappa shape index (κ3) is 6.93. The number of carbonyl (C=O) groups is 3. The summed E-state index contributed by atoms with van der Waals surface area (Å²) >= 11 is 0. The molecule has 0 saturated carbocycles. The van der Waals surface area contributed by atoms with E-state index < -0.39 is 52.6 Å². The number of aromatic nitrogens is 2. The topological polar surface area (TPSA) is 179 Å². The van der Waals surface area contributed by atoms with Crippen molar-refractivity contribution in [2.24, 2.45) is 5.28 Å². The van der Waals surface area contributed by atoms with Crippen LogP contribution in [-0.2, 0) is 25.8 Å². The monoisotopic (exact) mass is 713 g/mol. The molecule has 19 heteroatoms. The molecule has 50 heavy (non-hydrogen) atoms. The molecule has 1 unspecified atom stereocenters. The summed E-state index contributed by atoms with van der Waals surface area (Å²) in [7, 11) is -4.48. The molecule has 3 amide bonds. The van der Waals surface area contributed by atoms with E-state index in [9.17, 15) is 41.2 Å². The zero-order chi connectivity index (χ0) is 35.8. The van der Waals surface area contributed by atoms with E-state index in [-0.39, 0.29) is 51.9 Å². The molecule has 0 radical (unpaired) electrons. The lowest BCUT2D eigenvalue weighted by Gasteiger charge is -2.15. The third-order valence-corrected chi connectivity index (χ3v) is 9.12. The number of sulfonamides is 1. The number of halogens is 3. The second-order valence-corrected chi connectivity index (χ2v) is 12.9. The quantitative estimate of drug-likeness (QED) is 0.113. The van der Waals surface area contributed by atoms with Crippen molar-refractivity contribution in [2.75, 3.05) is 19.8 Å². The van der Waals surface area contributed by atoms with Gasteiger partial charge in [0.25, 0.3) is 21.8 Å². The number of ether oxygens (including phenoxy) is 1. The van der Waals surface area contributed by atoms with E-state index in [1.165, 1.54) is 24.3 Å². The Bertz CT molecular complexity index is 2070. The molecule has 1 N–H and O–H groups in total. The standard InChI is InChI=1S/C31H26F3N7O8S/c1-19-6-8-20(9-7-19)26-16-27(31(32,33)34)35-40(26)21-10-12-23(13-11-21)50(46,47)36-30(44)49-22-14-15-38(17-22)41(45)37-48-18-39-28(42)24-4-2-3-5-25(24)29(39)43/h2-13,16,22H,14-15,17-18H2,1H3,(H,36,44)/b41-37-. The molecular formula is C31H26F3N7O8S. The number of hydrazine groups is 1. The van der Waals surface area contributed by atoms with Gasteiger partial charge >= 0.3 is 12.3 Å². The van der Waals surface area contributed by atoms with Crippen LogP contribution in [0.5, 0.6) is 0 Å². The van der Waals surface area contributed by atoms with Crippen LogP contribution in [0.4, 0.5) is 18.0 Å². The Morgan fingerprint density at radius 3 is 2.30 bits per heavy atom. The predicted molar refractivity (Wildman–Crippen MR) is 164 cm³/mol. The van der Waals surface area contributed by atoms with Crippen molar-refractivity contribution in [1.82, 2.24) is 24.4 Å². The van der Waals surface area contributed by atoms with Gasteiger partial charge in [0.05, 0.1) is 38.9 Å². The molecule has 6 rings (SSSR count). The molecule has 2 aliphatic rings. The molecule has 260 valence electrons. The fourth-order valence-corrected chi connectivity index (χ4v) is 6.14. The number of imide groups is 1. The van der Waals surface area contributed by atoms with Gasteiger partial charge in [0.1, 0.15) is 12.6 Å². The number of amides is 3. The van der Waals surface area contributed by atoms with Crippen LogP contribution in [0.25, 0.3) is 16.9 Å². The second kappa shape index (κ2) is 13.1. The Hall–Kier alpha value is -5.98. The summed E-state index contributed by atoms with van der Waals surface area (Å²) < 4.78 is 74.4. The van der Waals surface area contributed by atoms with Gasteiger partial charge in [-0.2, -0.15) is 18.3 Å². The first-order valence-corrected chi connectivity index (χ1v) is 16.3. The first-order valence-electron chi connectivity index (χ1n) is 14.8. The number of fused-ring (bicyclic) bond motifs is 1. The highest BCUT2D eigenvalue weighted by molar-refractivity contribution is 7.90. The van der Waals surface area contributed by atoms with Gasteiger partial charge in [-0.15, -0.1) is 5.01 Å². The summed E-state index contributed by atoms with van der Waals surface area (Å²) in [5.74, 6) is -1.20. The van der Waals surface area contributed by atoms with E-state index in [1.54, 1.807) is 41.1 Å². The van der Waals surface area contributed by atoms with Gasteiger partial charge < -0.3 is 14.8 Å². The number of hydrogen-bond donors (Lipinski definition) is 1. The van der Waals surface area contributed by atoms with Crippen molar-refractivity contribution in [1.29, 1.82) is 0 Å². The summed E-state index contributed by atoms with van der Waals surface area (Å²) in [5.41, 5.74) is 0.857. The van der Waals surface area contributed by atoms with Gasteiger partial charge in [0.2, 0.25) is 12.0 Å². The zero-order valence-electron chi connectivity index (χ0n) is 25.9. The number of rotatable bonds is 9. The molecule has 1 atom stereocenters. The van der Waals surface area contributed by atoms with Crippen LogP contribution < -0.4 is 4.72 Å². The number of benzene rings is 3. The van der Waals surface area contributed by atoms with Crippen molar-refractivity contribution in [3.8, 4) is 16.9 Å². The van der Waals surface area contributed by atoms with E-state index >= 15 is 0 Å². The minimum atomic E-state index is -4.73. The average molecular weight is 714 g/mol. The van der Waals surface area contributed by atoms with Crippen LogP contribution in [0.3, 0.4) is 0 Å². The molecule has 3 heterocycles. The largest absolute Gasteiger partial charge is 0.569 e. The van der Waals surface area contributed by atoms with E-state index in [0.29, 0.717) is 5.56 Å². The van der Waals surface area contributed by atoms with Crippen molar-refractivity contribution >= 4 is 27.9 Å². The van der Waals surface area contributed by atoms with E-state index in [4.69, 9.17) is 9.57 Å². The maximum atomic E-state index is 13.5. The summed E-state index contributed by atoms with van der Waals surface area (Å²) in [5, 5.41) is 20.5. The van der Waals surface area contributed by atoms with E-state index in [0.717, 1.165) is 38.4 Å². The Kier molecular flexibility index (Phi) is 8.91.